The Morgan fingerprint density at radius 1 is 1.29 bits per heavy atom. The number of carbonyl (C=O) groups is 1. The second-order valence-corrected chi connectivity index (χ2v) is 4.11. The molecule has 0 rings (SSSR count). The first kappa shape index (κ1) is 13.4. The lowest BCUT2D eigenvalue weighted by atomic mass is 10.1. The Balaban J connectivity index is 3.43. The van der Waals surface area contributed by atoms with E-state index < -0.39 is 0 Å². The molecule has 0 aliphatic carbocycles. The van der Waals surface area contributed by atoms with Crippen molar-refractivity contribution >= 4 is 5.91 Å². The Labute approximate surface area is 87.6 Å². The SMILES string of the molecule is CCNC(=O)C(C)NCCCC(C)C. The fourth-order valence-electron chi connectivity index (χ4n) is 1.25. The number of carbonyl (C=O) groups excluding carboxylic acids is 1. The molecule has 0 aliphatic heterocycles. The van der Waals surface area contributed by atoms with Gasteiger partial charge in [0.05, 0.1) is 6.04 Å². The van der Waals surface area contributed by atoms with Crippen LogP contribution in [0, 0.1) is 5.92 Å². The third-order valence-electron chi connectivity index (χ3n) is 2.15. The summed E-state index contributed by atoms with van der Waals surface area (Å²) in [7, 11) is 0. The number of hydrogen-bond donors (Lipinski definition) is 2. The first-order valence-corrected chi connectivity index (χ1v) is 5.59. The molecule has 0 saturated heterocycles. The van der Waals surface area contributed by atoms with Crippen LogP contribution >= 0.6 is 0 Å². The molecule has 0 saturated carbocycles. The summed E-state index contributed by atoms with van der Waals surface area (Å²) < 4.78 is 0. The molecule has 1 atom stereocenters. The highest BCUT2D eigenvalue weighted by Crippen LogP contribution is 2.01. The molecule has 0 aromatic rings. The highest BCUT2D eigenvalue weighted by atomic mass is 16.2. The molecular formula is C11H24N2O. The van der Waals surface area contributed by atoms with Gasteiger partial charge in [-0.15, -0.1) is 0 Å². The van der Waals surface area contributed by atoms with Gasteiger partial charge in [0, 0.05) is 6.54 Å². The van der Waals surface area contributed by atoms with E-state index in [2.05, 4.69) is 24.5 Å². The lowest BCUT2D eigenvalue weighted by Crippen LogP contribution is -2.42. The van der Waals surface area contributed by atoms with E-state index in [9.17, 15) is 4.79 Å². The molecule has 3 heteroatoms. The number of nitrogens with one attached hydrogen (secondary N) is 2. The molecule has 0 aromatic carbocycles. The standard InChI is InChI=1S/C11H24N2O/c1-5-12-11(14)10(4)13-8-6-7-9(2)3/h9-10,13H,5-8H2,1-4H3,(H,12,14). The molecule has 0 fully saturated rings. The number of likely N-dealkylation sites (N-methyl/N-ethyl adjacent to an activating group) is 1. The average Bonchev–Trinajstić information content (AvgIpc) is 2.12. The molecule has 3 nitrogen and oxygen atoms in total. The van der Waals surface area contributed by atoms with Crippen LogP contribution in [-0.4, -0.2) is 25.0 Å². The van der Waals surface area contributed by atoms with Gasteiger partial charge in [0.1, 0.15) is 0 Å². The minimum Gasteiger partial charge on any atom is -0.355 e. The van der Waals surface area contributed by atoms with E-state index in [1.807, 2.05) is 13.8 Å². The maximum Gasteiger partial charge on any atom is 0.236 e. The molecule has 0 bridgehead atoms. The van der Waals surface area contributed by atoms with Crippen molar-refractivity contribution in [1.29, 1.82) is 0 Å². The lowest BCUT2D eigenvalue weighted by Gasteiger charge is -2.13. The number of rotatable bonds is 7. The van der Waals surface area contributed by atoms with Gasteiger partial charge < -0.3 is 10.6 Å². The van der Waals surface area contributed by atoms with Gasteiger partial charge in [-0.05, 0) is 39.2 Å². The third-order valence-corrected chi connectivity index (χ3v) is 2.15. The molecule has 1 amide bonds. The van der Waals surface area contributed by atoms with Crippen molar-refractivity contribution in [2.24, 2.45) is 5.92 Å². The van der Waals surface area contributed by atoms with Crippen LogP contribution in [0.4, 0.5) is 0 Å². The Bertz CT molecular complexity index is 157. The molecular weight excluding hydrogens is 176 g/mol. The summed E-state index contributed by atoms with van der Waals surface area (Å²) >= 11 is 0. The Hall–Kier alpha value is -0.570. The normalized spacial score (nSPS) is 12.9. The van der Waals surface area contributed by atoms with Crippen LogP contribution in [0.15, 0.2) is 0 Å². The van der Waals surface area contributed by atoms with E-state index in [1.165, 1.54) is 6.42 Å². The molecule has 0 aromatic heterocycles. The Kier molecular flexibility index (Phi) is 7.48. The van der Waals surface area contributed by atoms with Crippen molar-refractivity contribution in [2.75, 3.05) is 13.1 Å². The van der Waals surface area contributed by atoms with E-state index in [0.29, 0.717) is 6.54 Å². The summed E-state index contributed by atoms with van der Waals surface area (Å²) in [5, 5.41) is 6.00. The average molecular weight is 200 g/mol. The predicted octanol–water partition coefficient (Wildman–Crippen LogP) is 1.54. The quantitative estimate of drug-likeness (QED) is 0.612. The lowest BCUT2D eigenvalue weighted by molar-refractivity contribution is -0.122. The van der Waals surface area contributed by atoms with E-state index in [0.717, 1.165) is 18.9 Å². The largest absolute Gasteiger partial charge is 0.355 e. The van der Waals surface area contributed by atoms with E-state index in [-0.39, 0.29) is 11.9 Å². The minimum atomic E-state index is -0.0675. The van der Waals surface area contributed by atoms with Crippen LogP contribution in [0.2, 0.25) is 0 Å². The zero-order chi connectivity index (χ0) is 11.0. The maximum atomic E-state index is 11.3. The van der Waals surface area contributed by atoms with Gasteiger partial charge in [0.15, 0.2) is 0 Å². The molecule has 84 valence electrons. The van der Waals surface area contributed by atoms with E-state index in [4.69, 9.17) is 0 Å². The summed E-state index contributed by atoms with van der Waals surface area (Å²) in [4.78, 5) is 11.3. The van der Waals surface area contributed by atoms with Crippen molar-refractivity contribution in [3.8, 4) is 0 Å². The third kappa shape index (κ3) is 6.89. The molecule has 1 unspecified atom stereocenters. The van der Waals surface area contributed by atoms with Gasteiger partial charge in [0.2, 0.25) is 5.91 Å². The first-order valence-electron chi connectivity index (χ1n) is 5.59. The Morgan fingerprint density at radius 2 is 1.93 bits per heavy atom. The molecule has 0 heterocycles. The minimum absolute atomic E-state index is 0.0675. The summed E-state index contributed by atoms with van der Waals surface area (Å²) in [6, 6.07) is -0.0675. The van der Waals surface area contributed by atoms with Gasteiger partial charge in [-0.25, -0.2) is 0 Å². The number of hydrogen-bond acceptors (Lipinski definition) is 2. The van der Waals surface area contributed by atoms with Gasteiger partial charge in [-0.2, -0.15) is 0 Å². The van der Waals surface area contributed by atoms with Crippen molar-refractivity contribution in [3.05, 3.63) is 0 Å². The smallest absolute Gasteiger partial charge is 0.236 e. The van der Waals surface area contributed by atoms with Crippen LogP contribution in [0.1, 0.15) is 40.5 Å². The van der Waals surface area contributed by atoms with Gasteiger partial charge in [-0.1, -0.05) is 13.8 Å². The van der Waals surface area contributed by atoms with Crippen molar-refractivity contribution in [1.82, 2.24) is 10.6 Å². The van der Waals surface area contributed by atoms with E-state index >= 15 is 0 Å². The molecule has 14 heavy (non-hydrogen) atoms. The van der Waals surface area contributed by atoms with Crippen LogP contribution < -0.4 is 10.6 Å². The Morgan fingerprint density at radius 3 is 2.43 bits per heavy atom. The van der Waals surface area contributed by atoms with Crippen molar-refractivity contribution in [3.63, 3.8) is 0 Å². The maximum absolute atomic E-state index is 11.3. The summed E-state index contributed by atoms with van der Waals surface area (Å²) in [6.45, 7) is 9.90. The van der Waals surface area contributed by atoms with Gasteiger partial charge in [0.25, 0.3) is 0 Å². The highest BCUT2D eigenvalue weighted by molar-refractivity contribution is 5.81. The van der Waals surface area contributed by atoms with Crippen molar-refractivity contribution < 1.29 is 4.79 Å². The topological polar surface area (TPSA) is 41.1 Å². The predicted molar refractivity (Wildman–Crippen MR) is 60.2 cm³/mol. The fraction of sp³-hybridized carbons (Fsp3) is 0.909. The van der Waals surface area contributed by atoms with E-state index in [1.54, 1.807) is 0 Å². The molecule has 0 radical (unpaired) electrons. The summed E-state index contributed by atoms with van der Waals surface area (Å²) in [6.07, 6.45) is 2.36. The van der Waals surface area contributed by atoms with Crippen molar-refractivity contribution in [2.45, 2.75) is 46.6 Å². The monoisotopic (exact) mass is 200 g/mol. The fourth-order valence-corrected chi connectivity index (χ4v) is 1.25. The zero-order valence-corrected chi connectivity index (χ0v) is 9.89. The summed E-state index contributed by atoms with van der Waals surface area (Å²) in [5.74, 6) is 0.841. The van der Waals surface area contributed by atoms with Crippen LogP contribution in [-0.2, 0) is 4.79 Å². The highest BCUT2D eigenvalue weighted by Gasteiger charge is 2.09. The second-order valence-electron chi connectivity index (χ2n) is 4.11. The van der Waals surface area contributed by atoms with Gasteiger partial charge >= 0.3 is 0 Å². The molecule has 0 spiro atoms. The number of amides is 1. The van der Waals surface area contributed by atoms with Crippen LogP contribution in [0.25, 0.3) is 0 Å². The zero-order valence-electron chi connectivity index (χ0n) is 9.89. The molecule has 0 aliphatic rings. The van der Waals surface area contributed by atoms with Gasteiger partial charge in [-0.3, -0.25) is 4.79 Å². The van der Waals surface area contributed by atoms with Crippen LogP contribution in [0.3, 0.4) is 0 Å². The summed E-state index contributed by atoms with van der Waals surface area (Å²) in [5.41, 5.74) is 0. The second kappa shape index (κ2) is 7.80. The first-order chi connectivity index (χ1) is 6.57. The molecule has 2 N–H and O–H groups in total. The van der Waals surface area contributed by atoms with Crippen LogP contribution in [0.5, 0.6) is 0 Å².